The van der Waals surface area contributed by atoms with Crippen LogP contribution in [0.1, 0.15) is 15.9 Å². The number of carbonyl (C=O) groups excluding carboxylic acids is 1. The zero-order valence-corrected chi connectivity index (χ0v) is 10.5. The van der Waals surface area contributed by atoms with Gasteiger partial charge in [0.1, 0.15) is 5.82 Å². The van der Waals surface area contributed by atoms with Gasteiger partial charge in [-0.05, 0) is 36.4 Å². The summed E-state index contributed by atoms with van der Waals surface area (Å²) in [5.74, 6) is -0.621. The summed E-state index contributed by atoms with van der Waals surface area (Å²) in [5.41, 5.74) is 7.75. The number of carbonyl (C=O) groups is 1. The summed E-state index contributed by atoms with van der Waals surface area (Å²) in [6.45, 7) is 0. The maximum atomic E-state index is 12.9. The van der Waals surface area contributed by atoms with Gasteiger partial charge < -0.3 is 5.73 Å². The van der Waals surface area contributed by atoms with Gasteiger partial charge in [0.05, 0.1) is 11.2 Å². The SMILES string of the molecule is Nc1c(C(=O)c2ccc(F)cc2)ccc2cccnc12. The molecular weight excluding hydrogens is 255 g/mol. The van der Waals surface area contributed by atoms with Crippen LogP contribution in [0.3, 0.4) is 0 Å². The van der Waals surface area contributed by atoms with Crippen molar-refractivity contribution in [2.24, 2.45) is 0 Å². The number of nitrogen functional groups attached to an aromatic ring is 1. The first-order valence-corrected chi connectivity index (χ1v) is 6.10. The molecule has 0 saturated carbocycles. The summed E-state index contributed by atoms with van der Waals surface area (Å²) in [6.07, 6.45) is 1.63. The predicted octanol–water partition coefficient (Wildman–Crippen LogP) is 3.19. The fourth-order valence-corrected chi connectivity index (χ4v) is 2.12. The zero-order chi connectivity index (χ0) is 14.1. The maximum Gasteiger partial charge on any atom is 0.195 e. The molecule has 1 heterocycles. The van der Waals surface area contributed by atoms with Crippen molar-refractivity contribution in [1.82, 2.24) is 4.98 Å². The number of halogens is 1. The highest BCUT2D eigenvalue weighted by Crippen LogP contribution is 2.24. The average Bonchev–Trinajstić information content (AvgIpc) is 2.48. The van der Waals surface area contributed by atoms with E-state index in [-0.39, 0.29) is 11.6 Å². The molecule has 0 saturated heterocycles. The molecule has 0 aliphatic rings. The normalized spacial score (nSPS) is 10.7. The molecular formula is C16H11FN2O. The van der Waals surface area contributed by atoms with Crippen molar-refractivity contribution >= 4 is 22.4 Å². The molecule has 3 rings (SSSR count). The summed E-state index contributed by atoms with van der Waals surface area (Å²) in [4.78, 5) is 16.6. The molecule has 0 radical (unpaired) electrons. The van der Waals surface area contributed by atoms with E-state index in [2.05, 4.69) is 4.98 Å². The molecule has 0 aliphatic heterocycles. The van der Waals surface area contributed by atoms with Crippen molar-refractivity contribution in [3.8, 4) is 0 Å². The molecule has 2 N–H and O–H groups in total. The first-order valence-electron chi connectivity index (χ1n) is 6.10. The second kappa shape index (κ2) is 4.74. The summed E-state index contributed by atoms with van der Waals surface area (Å²) in [6, 6.07) is 12.6. The highest BCUT2D eigenvalue weighted by atomic mass is 19.1. The van der Waals surface area contributed by atoms with Crippen molar-refractivity contribution < 1.29 is 9.18 Å². The van der Waals surface area contributed by atoms with Gasteiger partial charge in [0.2, 0.25) is 0 Å². The van der Waals surface area contributed by atoms with Crippen LogP contribution in [0, 0.1) is 5.82 Å². The van der Waals surface area contributed by atoms with E-state index in [4.69, 9.17) is 5.73 Å². The van der Waals surface area contributed by atoms with Gasteiger partial charge >= 0.3 is 0 Å². The van der Waals surface area contributed by atoms with E-state index in [1.807, 2.05) is 12.1 Å². The van der Waals surface area contributed by atoms with Crippen molar-refractivity contribution in [3.05, 3.63) is 71.7 Å². The number of hydrogen-bond acceptors (Lipinski definition) is 3. The van der Waals surface area contributed by atoms with Crippen LogP contribution in [-0.2, 0) is 0 Å². The lowest BCUT2D eigenvalue weighted by Gasteiger charge is -2.07. The number of pyridine rings is 1. The van der Waals surface area contributed by atoms with Gasteiger partial charge in [0.15, 0.2) is 5.78 Å². The molecule has 0 spiro atoms. The highest BCUT2D eigenvalue weighted by Gasteiger charge is 2.14. The lowest BCUT2D eigenvalue weighted by Crippen LogP contribution is -2.06. The molecule has 4 heteroatoms. The van der Waals surface area contributed by atoms with Crippen LogP contribution in [0.15, 0.2) is 54.7 Å². The van der Waals surface area contributed by atoms with Gasteiger partial charge in [-0.2, -0.15) is 0 Å². The maximum absolute atomic E-state index is 12.9. The van der Waals surface area contributed by atoms with Crippen LogP contribution in [0.5, 0.6) is 0 Å². The summed E-state index contributed by atoms with van der Waals surface area (Å²) in [7, 11) is 0. The number of fused-ring (bicyclic) bond motifs is 1. The molecule has 0 aliphatic carbocycles. The molecule has 3 nitrogen and oxygen atoms in total. The summed E-state index contributed by atoms with van der Waals surface area (Å²) < 4.78 is 12.9. The number of benzene rings is 2. The third kappa shape index (κ3) is 2.01. The minimum absolute atomic E-state index is 0.241. The molecule has 3 aromatic rings. The van der Waals surface area contributed by atoms with E-state index < -0.39 is 0 Å². The Morgan fingerprint density at radius 1 is 1.05 bits per heavy atom. The van der Waals surface area contributed by atoms with Gasteiger partial charge in [-0.3, -0.25) is 9.78 Å². The van der Waals surface area contributed by atoms with E-state index in [1.165, 1.54) is 24.3 Å². The molecule has 20 heavy (non-hydrogen) atoms. The Bertz CT molecular complexity index is 797. The topological polar surface area (TPSA) is 56.0 Å². The Kier molecular flexibility index (Phi) is 2.91. The van der Waals surface area contributed by atoms with E-state index in [0.717, 1.165) is 5.39 Å². The Balaban J connectivity index is 2.12. The van der Waals surface area contributed by atoms with Crippen LogP contribution >= 0.6 is 0 Å². The quantitative estimate of drug-likeness (QED) is 0.572. The standard InChI is InChI=1S/C16H11FN2O/c17-12-6-3-11(4-7-12)16(20)13-8-5-10-2-1-9-19-15(10)14(13)18/h1-9H,18H2. The van der Waals surface area contributed by atoms with E-state index >= 15 is 0 Å². The van der Waals surface area contributed by atoms with Gasteiger partial charge in [0.25, 0.3) is 0 Å². The first kappa shape index (κ1) is 12.3. The van der Waals surface area contributed by atoms with Crippen LogP contribution in [0.25, 0.3) is 10.9 Å². The number of nitrogens with two attached hydrogens (primary N) is 1. The predicted molar refractivity (Wildman–Crippen MR) is 76.0 cm³/mol. The van der Waals surface area contributed by atoms with Crippen molar-refractivity contribution in [2.75, 3.05) is 5.73 Å². The van der Waals surface area contributed by atoms with Crippen LogP contribution < -0.4 is 5.73 Å². The monoisotopic (exact) mass is 266 g/mol. The molecule has 0 unspecified atom stereocenters. The smallest absolute Gasteiger partial charge is 0.195 e. The molecule has 0 amide bonds. The van der Waals surface area contributed by atoms with Crippen LogP contribution in [0.2, 0.25) is 0 Å². The third-order valence-electron chi connectivity index (χ3n) is 3.16. The fraction of sp³-hybridized carbons (Fsp3) is 0. The van der Waals surface area contributed by atoms with E-state index in [1.54, 1.807) is 18.3 Å². The molecule has 2 aromatic carbocycles. The Labute approximate surface area is 114 Å². The number of aromatic nitrogens is 1. The van der Waals surface area contributed by atoms with Gasteiger partial charge in [-0.25, -0.2) is 4.39 Å². The van der Waals surface area contributed by atoms with E-state index in [0.29, 0.717) is 22.3 Å². The molecule has 1 aromatic heterocycles. The van der Waals surface area contributed by atoms with Crippen molar-refractivity contribution in [2.45, 2.75) is 0 Å². The van der Waals surface area contributed by atoms with Crippen LogP contribution in [-0.4, -0.2) is 10.8 Å². The summed E-state index contributed by atoms with van der Waals surface area (Å²) in [5, 5.41) is 0.876. The Hall–Kier alpha value is -2.75. The van der Waals surface area contributed by atoms with Crippen molar-refractivity contribution in [1.29, 1.82) is 0 Å². The van der Waals surface area contributed by atoms with Gasteiger partial charge in [0, 0.05) is 22.7 Å². The second-order valence-electron chi connectivity index (χ2n) is 4.44. The average molecular weight is 266 g/mol. The fourth-order valence-electron chi connectivity index (χ4n) is 2.12. The largest absolute Gasteiger partial charge is 0.396 e. The van der Waals surface area contributed by atoms with Crippen molar-refractivity contribution in [3.63, 3.8) is 0 Å². The second-order valence-corrected chi connectivity index (χ2v) is 4.44. The zero-order valence-electron chi connectivity index (χ0n) is 10.5. The minimum atomic E-state index is -0.380. The van der Waals surface area contributed by atoms with Crippen LogP contribution in [0.4, 0.5) is 10.1 Å². The molecule has 0 atom stereocenters. The number of rotatable bonds is 2. The lowest BCUT2D eigenvalue weighted by atomic mass is 10.00. The first-order chi connectivity index (χ1) is 9.66. The molecule has 98 valence electrons. The summed E-state index contributed by atoms with van der Waals surface area (Å²) >= 11 is 0. The minimum Gasteiger partial charge on any atom is -0.396 e. The number of nitrogens with zero attached hydrogens (tertiary/aromatic N) is 1. The number of ketones is 1. The van der Waals surface area contributed by atoms with Gasteiger partial charge in [-0.15, -0.1) is 0 Å². The third-order valence-corrected chi connectivity index (χ3v) is 3.16. The molecule has 0 fully saturated rings. The lowest BCUT2D eigenvalue weighted by molar-refractivity contribution is 0.103. The highest BCUT2D eigenvalue weighted by molar-refractivity contribution is 6.15. The Morgan fingerprint density at radius 3 is 2.55 bits per heavy atom. The Morgan fingerprint density at radius 2 is 1.80 bits per heavy atom. The van der Waals surface area contributed by atoms with Gasteiger partial charge in [-0.1, -0.05) is 12.1 Å². The molecule has 0 bridgehead atoms. The number of hydrogen-bond donors (Lipinski definition) is 1. The van der Waals surface area contributed by atoms with E-state index in [9.17, 15) is 9.18 Å². The number of anilines is 1.